The molecule has 1 aliphatic rings. The maximum absolute atomic E-state index is 12.3. The molecule has 0 aromatic heterocycles. The summed E-state index contributed by atoms with van der Waals surface area (Å²) >= 11 is 0. The Labute approximate surface area is 138 Å². The summed E-state index contributed by atoms with van der Waals surface area (Å²) in [6.45, 7) is -0.249. The Morgan fingerprint density at radius 2 is 1.70 bits per heavy atom. The summed E-state index contributed by atoms with van der Waals surface area (Å²) in [6.07, 6.45) is -0.798. The molecule has 5 N–H and O–H groups in total. The van der Waals surface area contributed by atoms with Crippen LogP contribution in [0.4, 0.5) is 0 Å². The van der Waals surface area contributed by atoms with Crippen LogP contribution in [0.1, 0.15) is 59.6 Å². The molecule has 23 heavy (non-hydrogen) atoms. The van der Waals surface area contributed by atoms with Crippen LogP contribution < -0.4 is 0 Å². The Balaban J connectivity index is 2.43. The van der Waals surface area contributed by atoms with Crippen LogP contribution in [-0.4, -0.2) is 68.1 Å². The van der Waals surface area contributed by atoms with Gasteiger partial charge in [-0.1, -0.05) is 45.4 Å². The van der Waals surface area contributed by atoms with Crippen LogP contribution in [0.3, 0.4) is 0 Å². The number of rotatable bonds is 10. The van der Waals surface area contributed by atoms with E-state index < -0.39 is 42.6 Å². The maximum Gasteiger partial charge on any atom is 0.184 e. The molecule has 0 amide bonds. The first-order valence-corrected chi connectivity index (χ1v) is 8.25. The molecule has 1 fully saturated rings. The smallest absolute Gasteiger partial charge is 0.184 e. The van der Waals surface area contributed by atoms with Crippen molar-refractivity contribution in [2.24, 2.45) is 0 Å². The maximum atomic E-state index is 12.3. The number of hydrogen-bond donors (Lipinski definition) is 5. The van der Waals surface area contributed by atoms with E-state index in [1.165, 1.54) is 0 Å². The third-order valence-corrected chi connectivity index (χ3v) is 4.37. The first kappa shape index (κ1) is 18.8. The molecule has 1 rings (SSSR count). The van der Waals surface area contributed by atoms with Gasteiger partial charge in [0.05, 0.1) is 6.61 Å². The van der Waals surface area contributed by atoms with Gasteiger partial charge in [0.1, 0.15) is 18.3 Å². The van der Waals surface area contributed by atoms with Crippen LogP contribution in [0.5, 0.6) is 0 Å². The molecule has 1 unspecified atom stereocenters. The quantitative estimate of drug-likeness (QED) is 0.352. The molecule has 1 aliphatic heterocycles. The predicted octanol–water partition coefficient (Wildman–Crippen LogP) is -0.141. The van der Waals surface area contributed by atoms with E-state index in [-0.39, 0.29) is 6.42 Å². The topological polar surface area (TPSA) is 127 Å². The molecule has 136 valence electrons. The Hall–Kier alpha value is -0.570. The number of carbonyl (C=O) groups excluding carboxylic acids is 1. The summed E-state index contributed by atoms with van der Waals surface area (Å²) in [4.78, 5) is 12.3. The van der Waals surface area contributed by atoms with Crippen molar-refractivity contribution in [1.82, 2.24) is 0 Å². The summed E-state index contributed by atoms with van der Waals surface area (Å²) in [6, 6.07) is 0. The van der Waals surface area contributed by atoms with Crippen molar-refractivity contribution >= 4 is 5.78 Å². The number of Topliss-reactive ketones (excluding diaryl/α,β-unsaturated/α-hetero) is 1. The fourth-order valence-corrected chi connectivity index (χ4v) is 2.85. The zero-order chi connectivity index (χ0) is 18.2. The van der Waals surface area contributed by atoms with Gasteiger partial charge in [-0.15, -0.1) is 0 Å². The zero-order valence-corrected chi connectivity index (χ0v) is 13.4. The van der Waals surface area contributed by atoms with Crippen LogP contribution in [0.25, 0.3) is 0 Å². The number of ether oxygens (including phenoxy) is 1. The predicted molar refractivity (Wildman–Crippen MR) is 82.5 cm³/mol. The zero-order valence-electron chi connectivity index (χ0n) is 14.4. The number of ketones is 1. The number of unbranched alkanes of at least 4 members (excludes halogenated alkanes) is 6. The third kappa shape index (κ3) is 4.95. The fraction of sp³-hybridized carbons (Fsp3) is 0.938. The Bertz CT molecular complexity index is 381. The second-order valence-corrected chi connectivity index (χ2v) is 6.11. The highest BCUT2D eigenvalue weighted by molar-refractivity contribution is 5.88. The molecule has 0 saturated carbocycles. The van der Waals surface area contributed by atoms with Gasteiger partial charge in [-0.3, -0.25) is 4.79 Å². The third-order valence-electron chi connectivity index (χ3n) is 4.37. The van der Waals surface area contributed by atoms with Gasteiger partial charge >= 0.3 is 0 Å². The van der Waals surface area contributed by atoms with E-state index in [2.05, 4.69) is 0 Å². The Morgan fingerprint density at radius 3 is 2.30 bits per heavy atom. The molecule has 0 aromatic carbocycles. The number of aliphatic hydroxyl groups excluding tert-OH is 4. The minimum Gasteiger partial charge on any atom is -0.394 e. The second kappa shape index (κ2) is 9.66. The SMILES string of the molecule is [2H]CCCCCCCCCC(=O)[C@@]1(O)[C@H](O)[C@@H](CO)OC(O)[C@@H]1O. The molecule has 0 bridgehead atoms. The lowest BCUT2D eigenvalue weighted by Crippen LogP contribution is -2.70. The molecule has 0 radical (unpaired) electrons. The van der Waals surface area contributed by atoms with Gasteiger partial charge in [0, 0.05) is 7.79 Å². The Kier molecular flexibility index (Phi) is 7.88. The summed E-state index contributed by atoms with van der Waals surface area (Å²) in [7, 11) is 0. The van der Waals surface area contributed by atoms with E-state index >= 15 is 0 Å². The van der Waals surface area contributed by atoms with Crippen LogP contribution in [0.15, 0.2) is 0 Å². The number of carbonyl (C=O) groups is 1. The highest BCUT2D eigenvalue weighted by Gasteiger charge is 2.58. The van der Waals surface area contributed by atoms with Gasteiger partial charge < -0.3 is 30.3 Å². The average molecular weight is 335 g/mol. The molecule has 7 nitrogen and oxygen atoms in total. The first-order valence-electron chi connectivity index (χ1n) is 8.95. The second-order valence-electron chi connectivity index (χ2n) is 6.11. The molecule has 0 aliphatic carbocycles. The highest BCUT2D eigenvalue weighted by Crippen LogP contribution is 2.31. The van der Waals surface area contributed by atoms with E-state index in [0.29, 0.717) is 13.3 Å². The van der Waals surface area contributed by atoms with Gasteiger partial charge in [-0.2, -0.15) is 0 Å². The van der Waals surface area contributed by atoms with Crippen LogP contribution in [-0.2, 0) is 9.53 Å². The number of hydrogen-bond acceptors (Lipinski definition) is 7. The Morgan fingerprint density at radius 1 is 1.09 bits per heavy atom. The fourth-order valence-electron chi connectivity index (χ4n) is 2.85. The minimum absolute atomic E-state index is 0.0395. The van der Waals surface area contributed by atoms with Crippen LogP contribution in [0, 0.1) is 0 Å². The van der Waals surface area contributed by atoms with Crippen molar-refractivity contribution in [3.8, 4) is 0 Å². The van der Waals surface area contributed by atoms with Gasteiger partial charge in [-0.25, -0.2) is 0 Å². The van der Waals surface area contributed by atoms with Crippen LogP contribution >= 0.6 is 0 Å². The first-order chi connectivity index (χ1) is 11.4. The summed E-state index contributed by atoms with van der Waals surface area (Å²) in [5.74, 6) is -0.766. The van der Waals surface area contributed by atoms with E-state index in [0.717, 1.165) is 38.5 Å². The van der Waals surface area contributed by atoms with E-state index in [9.17, 15) is 25.2 Å². The van der Waals surface area contributed by atoms with E-state index in [1.54, 1.807) is 0 Å². The number of aliphatic hydroxyl groups is 5. The van der Waals surface area contributed by atoms with Gasteiger partial charge in [0.25, 0.3) is 0 Å². The van der Waals surface area contributed by atoms with Crippen molar-refractivity contribution in [2.75, 3.05) is 6.61 Å². The van der Waals surface area contributed by atoms with Crippen molar-refractivity contribution in [3.05, 3.63) is 0 Å². The normalized spacial score (nSPS) is 35.1. The van der Waals surface area contributed by atoms with Crippen molar-refractivity contribution < 1.29 is 36.4 Å². The molecule has 1 saturated heterocycles. The van der Waals surface area contributed by atoms with Crippen molar-refractivity contribution in [1.29, 1.82) is 0 Å². The van der Waals surface area contributed by atoms with Gasteiger partial charge in [0.2, 0.25) is 0 Å². The lowest BCUT2D eigenvalue weighted by molar-refractivity contribution is -0.311. The highest BCUT2D eigenvalue weighted by atomic mass is 16.6. The van der Waals surface area contributed by atoms with Crippen LogP contribution in [0.2, 0.25) is 0 Å². The van der Waals surface area contributed by atoms with Gasteiger partial charge in [0.15, 0.2) is 17.7 Å². The monoisotopic (exact) mass is 335 g/mol. The van der Waals surface area contributed by atoms with E-state index in [4.69, 9.17) is 11.2 Å². The lowest BCUT2D eigenvalue weighted by Gasteiger charge is -2.45. The summed E-state index contributed by atoms with van der Waals surface area (Å²) < 4.78 is 11.8. The van der Waals surface area contributed by atoms with Crippen molar-refractivity contribution in [3.63, 3.8) is 0 Å². The van der Waals surface area contributed by atoms with E-state index in [1.807, 2.05) is 0 Å². The lowest BCUT2D eigenvalue weighted by atomic mass is 9.79. The molecule has 5 atom stereocenters. The summed E-state index contributed by atoms with van der Waals surface area (Å²) in [5, 5.41) is 49.0. The molecule has 0 aromatic rings. The molecule has 7 heteroatoms. The molecule has 0 spiro atoms. The molecular formula is C16H30O7. The van der Waals surface area contributed by atoms with Crippen molar-refractivity contribution in [2.45, 2.75) is 88.5 Å². The van der Waals surface area contributed by atoms with Gasteiger partial charge in [-0.05, 0) is 6.42 Å². The largest absolute Gasteiger partial charge is 0.394 e. The average Bonchev–Trinajstić information content (AvgIpc) is 2.58. The molecular weight excluding hydrogens is 304 g/mol. The minimum atomic E-state index is -2.54. The molecule has 1 heterocycles. The standard InChI is InChI=1S/C16H30O7/c1-2-3-4-5-6-7-8-9-12(18)16(22)13(19)11(10-17)23-15(21)14(16)20/h11,13-15,17,19-22H,2-10H2,1H3/t11-,13-,14+,15?,16-/m1/s1/i1D. The summed E-state index contributed by atoms with van der Waals surface area (Å²) in [5.41, 5.74) is -2.54.